The second-order valence-corrected chi connectivity index (χ2v) is 8.65. The number of nitrogens with one attached hydrogen (secondary N) is 3. The highest BCUT2D eigenvalue weighted by molar-refractivity contribution is 14.0. The fourth-order valence-electron chi connectivity index (χ4n) is 2.22. The number of hydrogen-bond acceptors (Lipinski definition) is 5. The van der Waals surface area contributed by atoms with Crippen molar-refractivity contribution in [3.63, 3.8) is 0 Å². The zero-order chi connectivity index (χ0) is 18.8. The van der Waals surface area contributed by atoms with Crippen LogP contribution in [-0.2, 0) is 23.0 Å². The highest BCUT2D eigenvalue weighted by Crippen LogP contribution is 2.07. The minimum Gasteiger partial charge on any atom is -0.356 e. The van der Waals surface area contributed by atoms with Crippen molar-refractivity contribution in [3.8, 4) is 0 Å². The molecule has 0 atom stereocenters. The summed E-state index contributed by atoms with van der Waals surface area (Å²) in [6.07, 6.45) is 0.794. The number of sulfonamides is 1. The van der Waals surface area contributed by atoms with E-state index in [4.69, 9.17) is 0 Å². The SMILES string of the molecule is CN=C(NCCc1csc(C)n1)NCCS(=O)(=O)NCc1ccccc1.I. The summed E-state index contributed by atoms with van der Waals surface area (Å²) < 4.78 is 26.7. The molecule has 1 aromatic carbocycles. The molecule has 1 heterocycles. The van der Waals surface area contributed by atoms with Crippen molar-refractivity contribution in [2.24, 2.45) is 4.99 Å². The van der Waals surface area contributed by atoms with Gasteiger partial charge in [-0.1, -0.05) is 30.3 Å². The van der Waals surface area contributed by atoms with Crippen molar-refractivity contribution in [1.82, 2.24) is 20.3 Å². The van der Waals surface area contributed by atoms with Gasteiger partial charge < -0.3 is 10.6 Å². The first kappa shape index (κ1) is 23.8. The van der Waals surface area contributed by atoms with E-state index in [1.807, 2.05) is 42.6 Å². The molecule has 0 spiro atoms. The van der Waals surface area contributed by atoms with Crippen molar-refractivity contribution in [2.75, 3.05) is 25.9 Å². The molecule has 7 nitrogen and oxygen atoms in total. The molecule has 0 fully saturated rings. The average Bonchev–Trinajstić information content (AvgIpc) is 3.05. The Kier molecular flexibility index (Phi) is 10.8. The third-order valence-corrected chi connectivity index (χ3v) is 5.71. The molecule has 0 aliphatic heterocycles. The molecule has 0 aliphatic rings. The number of thiazole rings is 1. The van der Waals surface area contributed by atoms with Gasteiger partial charge in [0.25, 0.3) is 0 Å². The number of halogens is 1. The van der Waals surface area contributed by atoms with Gasteiger partial charge in [-0.25, -0.2) is 18.1 Å². The number of guanidine groups is 1. The van der Waals surface area contributed by atoms with E-state index in [1.54, 1.807) is 18.4 Å². The first-order valence-corrected chi connectivity index (χ1v) is 10.9. The highest BCUT2D eigenvalue weighted by atomic mass is 127. The Balaban J connectivity index is 0.00000364. The number of benzene rings is 1. The van der Waals surface area contributed by atoms with Crippen LogP contribution >= 0.6 is 35.3 Å². The maximum absolute atomic E-state index is 12.1. The van der Waals surface area contributed by atoms with Gasteiger partial charge >= 0.3 is 0 Å². The van der Waals surface area contributed by atoms with Crippen molar-refractivity contribution >= 4 is 51.3 Å². The summed E-state index contributed by atoms with van der Waals surface area (Å²) in [5.41, 5.74) is 1.97. The van der Waals surface area contributed by atoms with Crippen molar-refractivity contribution < 1.29 is 8.42 Å². The molecule has 3 N–H and O–H groups in total. The second-order valence-electron chi connectivity index (χ2n) is 5.66. The minimum atomic E-state index is -3.35. The van der Waals surface area contributed by atoms with Gasteiger partial charge in [0.15, 0.2) is 5.96 Å². The molecule has 0 aliphatic carbocycles. The van der Waals surface area contributed by atoms with Crippen LogP contribution in [0, 0.1) is 6.92 Å². The zero-order valence-electron chi connectivity index (χ0n) is 15.4. The third kappa shape index (κ3) is 9.49. The van der Waals surface area contributed by atoms with E-state index in [0.717, 1.165) is 22.7 Å². The van der Waals surface area contributed by atoms with Crippen LogP contribution in [0.5, 0.6) is 0 Å². The molecule has 0 bridgehead atoms. The van der Waals surface area contributed by atoms with Crippen LogP contribution in [0.3, 0.4) is 0 Å². The average molecular weight is 523 g/mol. The van der Waals surface area contributed by atoms with E-state index in [0.29, 0.717) is 19.0 Å². The molecule has 150 valence electrons. The van der Waals surface area contributed by atoms with Crippen LogP contribution in [-0.4, -0.2) is 45.3 Å². The van der Waals surface area contributed by atoms with E-state index in [-0.39, 0.29) is 36.3 Å². The molecule has 27 heavy (non-hydrogen) atoms. The predicted molar refractivity (Wildman–Crippen MR) is 122 cm³/mol. The predicted octanol–water partition coefficient (Wildman–Crippen LogP) is 1.90. The van der Waals surface area contributed by atoms with E-state index in [2.05, 4.69) is 25.3 Å². The van der Waals surface area contributed by atoms with Crippen LogP contribution in [0.25, 0.3) is 0 Å². The number of nitrogens with zero attached hydrogens (tertiary/aromatic N) is 2. The summed E-state index contributed by atoms with van der Waals surface area (Å²) in [4.78, 5) is 8.50. The summed E-state index contributed by atoms with van der Waals surface area (Å²) in [6, 6.07) is 9.43. The lowest BCUT2D eigenvalue weighted by atomic mass is 10.2. The maximum atomic E-state index is 12.1. The van der Waals surface area contributed by atoms with Gasteiger partial charge in [0.1, 0.15) is 0 Å². The Labute approximate surface area is 182 Å². The fourth-order valence-corrected chi connectivity index (χ4v) is 3.77. The number of hydrogen-bond donors (Lipinski definition) is 3. The normalized spacial score (nSPS) is 11.7. The Hall–Kier alpha value is -1.24. The largest absolute Gasteiger partial charge is 0.356 e. The molecular weight excluding hydrogens is 497 g/mol. The lowest BCUT2D eigenvalue weighted by Gasteiger charge is -2.12. The van der Waals surface area contributed by atoms with Crippen molar-refractivity contribution in [1.29, 1.82) is 0 Å². The lowest BCUT2D eigenvalue weighted by molar-refractivity contribution is 0.580. The highest BCUT2D eigenvalue weighted by Gasteiger charge is 2.10. The number of aromatic nitrogens is 1. The van der Waals surface area contributed by atoms with Gasteiger partial charge in [-0.3, -0.25) is 4.99 Å². The molecule has 1 aromatic heterocycles. The van der Waals surface area contributed by atoms with Gasteiger partial charge in [0, 0.05) is 38.5 Å². The van der Waals surface area contributed by atoms with Crippen LogP contribution < -0.4 is 15.4 Å². The summed E-state index contributed by atoms with van der Waals surface area (Å²) >= 11 is 1.63. The smallest absolute Gasteiger partial charge is 0.213 e. The lowest BCUT2D eigenvalue weighted by Crippen LogP contribution is -2.41. The second kappa shape index (κ2) is 12.3. The topological polar surface area (TPSA) is 95.5 Å². The van der Waals surface area contributed by atoms with Crippen LogP contribution in [0.15, 0.2) is 40.7 Å². The molecule has 0 radical (unpaired) electrons. The Bertz CT molecular complexity index is 810. The van der Waals surface area contributed by atoms with Gasteiger partial charge in [-0.2, -0.15) is 0 Å². The first-order chi connectivity index (χ1) is 12.5. The van der Waals surface area contributed by atoms with E-state index in [1.165, 1.54) is 0 Å². The van der Waals surface area contributed by atoms with Gasteiger partial charge in [0.05, 0.1) is 16.5 Å². The molecule has 10 heteroatoms. The summed E-state index contributed by atoms with van der Waals surface area (Å²) in [6.45, 7) is 3.24. The molecule has 2 rings (SSSR count). The summed E-state index contributed by atoms with van der Waals surface area (Å²) in [5.74, 6) is 0.557. The number of aryl methyl sites for hydroxylation is 1. The van der Waals surface area contributed by atoms with Gasteiger partial charge in [-0.05, 0) is 12.5 Å². The zero-order valence-corrected chi connectivity index (χ0v) is 19.4. The molecule has 2 aromatic rings. The van der Waals surface area contributed by atoms with E-state index in [9.17, 15) is 8.42 Å². The Morgan fingerprint density at radius 1 is 1.19 bits per heavy atom. The maximum Gasteiger partial charge on any atom is 0.213 e. The van der Waals surface area contributed by atoms with Crippen LogP contribution in [0.1, 0.15) is 16.3 Å². The number of aliphatic imine (C=N–C) groups is 1. The number of rotatable bonds is 9. The monoisotopic (exact) mass is 523 g/mol. The van der Waals surface area contributed by atoms with Gasteiger partial charge in [-0.15, -0.1) is 35.3 Å². The standard InChI is InChI=1S/C17H25N5O2S2.HI/c1-14-22-16(13-25-14)8-9-19-17(18-2)20-10-11-26(23,24)21-12-15-6-4-3-5-7-15;/h3-7,13,21H,8-12H2,1-2H3,(H2,18,19,20);1H. The Morgan fingerprint density at radius 2 is 1.89 bits per heavy atom. The van der Waals surface area contributed by atoms with Crippen molar-refractivity contribution in [3.05, 3.63) is 52.0 Å². The van der Waals surface area contributed by atoms with Gasteiger partial charge in [0.2, 0.25) is 10.0 Å². The van der Waals surface area contributed by atoms with E-state index >= 15 is 0 Å². The molecule has 0 amide bonds. The molecular formula is C17H26IN5O2S2. The fraction of sp³-hybridized carbons (Fsp3) is 0.412. The molecule has 0 saturated heterocycles. The third-order valence-electron chi connectivity index (χ3n) is 3.57. The first-order valence-electron chi connectivity index (χ1n) is 8.35. The van der Waals surface area contributed by atoms with Crippen LogP contribution in [0.4, 0.5) is 0 Å². The molecule has 0 unspecified atom stereocenters. The summed E-state index contributed by atoms with van der Waals surface area (Å²) in [7, 11) is -1.69. The summed E-state index contributed by atoms with van der Waals surface area (Å²) in [5, 5.41) is 9.27. The van der Waals surface area contributed by atoms with Crippen LogP contribution in [0.2, 0.25) is 0 Å². The molecule has 0 saturated carbocycles. The van der Waals surface area contributed by atoms with E-state index < -0.39 is 10.0 Å². The Morgan fingerprint density at radius 3 is 2.52 bits per heavy atom. The van der Waals surface area contributed by atoms with Crippen molar-refractivity contribution in [2.45, 2.75) is 19.9 Å². The minimum absolute atomic E-state index is 0. The quantitative estimate of drug-likeness (QED) is 0.265.